The summed E-state index contributed by atoms with van der Waals surface area (Å²) >= 11 is 7.70. The van der Waals surface area contributed by atoms with Crippen LogP contribution < -0.4 is 0 Å². The van der Waals surface area contributed by atoms with Crippen LogP contribution in [-0.2, 0) is 6.54 Å². The van der Waals surface area contributed by atoms with Crippen LogP contribution >= 0.6 is 23.4 Å². The second kappa shape index (κ2) is 6.76. The molecule has 1 unspecified atom stereocenters. The van der Waals surface area contributed by atoms with Gasteiger partial charge in [-0.3, -0.25) is 5.01 Å². The zero-order valence-corrected chi connectivity index (χ0v) is 14.4. The summed E-state index contributed by atoms with van der Waals surface area (Å²) < 4.78 is 0. The third-order valence-electron chi connectivity index (χ3n) is 3.86. The summed E-state index contributed by atoms with van der Waals surface area (Å²) in [5, 5.41) is 7.74. The van der Waals surface area contributed by atoms with E-state index in [1.54, 1.807) is 11.8 Å². The predicted molar refractivity (Wildman–Crippen MR) is 95.8 cm³/mol. The summed E-state index contributed by atoms with van der Waals surface area (Å²) in [5.41, 5.74) is 3.64. The van der Waals surface area contributed by atoms with Gasteiger partial charge in [0.15, 0.2) is 0 Å². The van der Waals surface area contributed by atoms with Crippen LogP contribution in [0.2, 0.25) is 5.02 Å². The second-order valence-electron chi connectivity index (χ2n) is 5.59. The second-order valence-corrected chi connectivity index (χ2v) is 6.90. The number of hydrazone groups is 1. The molecule has 0 amide bonds. The van der Waals surface area contributed by atoms with Gasteiger partial charge < -0.3 is 0 Å². The van der Waals surface area contributed by atoms with Crippen LogP contribution in [0.3, 0.4) is 0 Å². The summed E-state index contributed by atoms with van der Waals surface area (Å²) in [6.45, 7) is 4.03. The SMILES string of the molecule is CSc1ccc(C2=NN(Cc3ccc(Cl)cc3)CC2C)cc1. The molecule has 0 spiro atoms. The first-order valence-electron chi connectivity index (χ1n) is 7.38. The van der Waals surface area contributed by atoms with Crippen LogP contribution in [0.25, 0.3) is 0 Å². The highest BCUT2D eigenvalue weighted by molar-refractivity contribution is 7.98. The van der Waals surface area contributed by atoms with Gasteiger partial charge in [-0.05, 0) is 41.6 Å². The summed E-state index contributed by atoms with van der Waals surface area (Å²) in [6, 6.07) is 16.7. The molecule has 22 heavy (non-hydrogen) atoms. The molecule has 1 aliphatic heterocycles. The smallest absolute Gasteiger partial charge is 0.0724 e. The monoisotopic (exact) mass is 330 g/mol. The van der Waals surface area contributed by atoms with Crippen molar-refractivity contribution in [3.63, 3.8) is 0 Å². The third kappa shape index (κ3) is 3.47. The van der Waals surface area contributed by atoms with E-state index < -0.39 is 0 Å². The molecule has 0 radical (unpaired) electrons. The van der Waals surface area contributed by atoms with Crippen molar-refractivity contribution in [3.8, 4) is 0 Å². The minimum Gasteiger partial charge on any atom is -0.292 e. The first kappa shape index (κ1) is 15.4. The Bertz CT molecular complexity index is 664. The van der Waals surface area contributed by atoms with Gasteiger partial charge in [-0.1, -0.05) is 42.8 Å². The largest absolute Gasteiger partial charge is 0.292 e. The quantitative estimate of drug-likeness (QED) is 0.739. The van der Waals surface area contributed by atoms with Crippen molar-refractivity contribution >= 4 is 29.1 Å². The average molecular weight is 331 g/mol. The summed E-state index contributed by atoms with van der Waals surface area (Å²) in [7, 11) is 0. The van der Waals surface area contributed by atoms with Crippen molar-refractivity contribution in [1.82, 2.24) is 5.01 Å². The molecule has 0 aliphatic carbocycles. The number of halogens is 1. The van der Waals surface area contributed by atoms with E-state index in [1.807, 2.05) is 12.1 Å². The van der Waals surface area contributed by atoms with Gasteiger partial charge in [0.25, 0.3) is 0 Å². The Morgan fingerprint density at radius 3 is 2.45 bits per heavy atom. The van der Waals surface area contributed by atoms with E-state index in [4.69, 9.17) is 16.7 Å². The third-order valence-corrected chi connectivity index (χ3v) is 4.86. The van der Waals surface area contributed by atoms with E-state index in [0.717, 1.165) is 18.1 Å². The molecule has 0 bridgehead atoms. The summed E-state index contributed by atoms with van der Waals surface area (Å²) in [4.78, 5) is 1.29. The van der Waals surface area contributed by atoms with Crippen LogP contribution in [0, 0.1) is 5.92 Å². The minimum atomic E-state index is 0.451. The first-order valence-corrected chi connectivity index (χ1v) is 8.98. The predicted octanol–water partition coefficient (Wildman–Crippen LogP) is 4.92. The van der Waals surface area contributed by atoms with Gasteiger partial charge >= 0.3 is 0 Å². The van der Waals surface area contributed by atoms with Gasteiger partial charge in [-0.25, -0.2) is 0 Å². The van der Waals surface area contributed by atoms with Crippen molar-refractivity contribution in [2.24, 2.45) is 11.0 Å². The van der Waals surface area contributed by atoms with Crippen LogP contribution in [0.1, 0.15) is 18.1 Å². The number of thioether (sulfide) groups is 1. The Morgan fingerprint density at radius 1 is 1.14 bits per heavy atom. The molecule has 2 aromatic carbocycles. The number of hydrogen-bond donors (Lipinski definition) is 0. The highest BCUT2D eigenvalue weighted by atomic mass is 35.5. The molecule has 2 aromatic rings. The lowest BCUT2D eigenvalue weighted by Crippen LogP contribution is -2.17. The van der Waals surface area contributed by atoms with Crippen LogP contribution in [0.15, 0.2) is 58.5 Å². The molecule has 3 rings (SSSR count). The van der Waals surface area contributed by atoms with Crippen molar-refractivity contribution in [1.29, 1.82) is 0 Å². The highest BCUT2D eigenvalue weighted by Gasteiger charge is 2.23. The number of benzene rings is 2. The van der Waals surface area contributed by atoms with Crippen molar-refractivity contribution in [3.05, 3.63) is 64.7 Å². The number of hydrogen-bond acceptors (Lipinski definition) is 3. The Balaban J connectivity index is 1.75. The van der Waals surface area contributed by atoms with Gasteiger partial charge in [-0.2, -0.15) is 5.10 Å². The topological polar surface area (TPSA) is 15.6 Å². The Kier molecular flexibility index (Phi) is 4.74. The van der Waals surface area contributed by atoms with Crippen LogP contribution in [0.5, 0.6) is 0 Å². The van der Waals surface area contributed by atoms with E-state index in [2.05, 4.69) is 54.6 Å². The molecule has 4 heteroatoms. The lowest BCUT2D eigenvalue weighted by molar-refractivity contribution is 0.292. The maximum atomic E-state index is 5.94. The Labute approximate surface area is 141 Å². The zero-order chi connectivity index (χ0) is 15.5. The van der Waals surface area contributed by atoms with Crippen molar-refractivity contribution in [2.75, 3.05) is 12.8 Å². The fourth-order valence-corrected chi connectivity index (χ4v) is 3.23. The molecule has 0 saturated carbocycles. The van der Waals surface area contributed by atoms with E-state index in [-0.39, 0.29) is 0 Å². The molecule has 0 N–H and O–H groups in total. The molecule has 1 aliphatic rings. The minimum absolute atomic E-state index is 0.451. The molecular formula is C18H19ClN2S. The summed E-state index contributed by atoms with van der Waals surface area (Å²) in [6.07, 6.45) is 2.10. The van der Waals surface area contributed by atoms with Gasteiger partial charge in [0, 0.05) is 22.4 Å². The molecule has 0 fully saturated rings. The van der Waals surface area contributed by atoms with Gasteiger partial charge in [-0.15, -0.1) is 11.8 Å². The molecule has 0 saturated heterocycles. The zero-order valence-electron chi connectivity index (χ0n) is 12.8. The highest BCUT2D eigenvalue weighted by Crippen LogP contribution is 2.23. The van der Waals surface area contributed by atoms with E-state index in [0.29, 0.717) is 5.92 Å². The first-order chi connectivity index (χ1) is 10.7. The average Bonchev–Trinajstić information content (AvgIpc) is 2.90. The Morgan fingerprint density at radius 2 is 1.82 bits per heavy atom. The van der Waals surface area contributed by atoms with Crippen LogP contribution in [-0.4, -0.2) is 23.5 Å². The molecule has 1 heterocycles. The molecule has 0 aromatic heterocycles. The lowest BCUT2D eigenvalue weighted by Gasteiger charge is -2.14. The van der Waals surface area contributed by atoms with Gasteiger partial charge in [0.1, 0.15) is 0 Å². The van der Waals surface area contributed by atoms with E-state index in [9.17, 15) is 0 Å². The summed E-state index contributed by atoms with van der Waals surface area (Å²) in [5.74, 6) is 0.451. The number of rotatable bonds is 4. The van der Waals surface area contributed by atoms with Crippen LogP contribution in [0.4, 0.5) is 0 Å². The fourth-order valence-electron chi connectivity index (χ4n) is 2.70. The van der Waals surface area contributed by atoms with E-state index >= 15 is 0 Å². The molecule has 1 atom stereocenters. The maximum Gasteiger partial charge on any atom is 0.0724 e. The molecule has 114 valence electrons. The van der Waals surface area contributed by atoms with Crippen molar-refractivity contribution < 1.29 is 0 Å². The number of nitrogens with zero attached hydrogens (tertiary/aromatic N) is 2. The molecule has 2 nitrogen and oxygen atoms in total. The lowest BCUT2D eigenvalue weighted by atomic mass is 9.99. The van der Waals surface area contributed by atoms with Gasteiger partial charge in [0.2, 0.25) is 0 Å². The normalized spacial score (nSPS) is 17.7. The maximum absolute atomic E-state index is 5.94. The standard InChI is InChI=1S/C18H19ClN2S/c1-13-11-21(12-14-3-7-16(19)8-4-14)20-18(13)15-5-9-17(22-2)10-6-15/h3-10,13H,11-12H2,1-2H3. The Hall–Kier alpha value is -1.45. The van der Waals surface area contributed by atoms with E-state index in [1.165, 1.54) is 21.7 Å². The molecular weight excluding hydrogens is 312 g/mol. The fraction of sp³-hybridized carbons (Fsp3) is 0.278. The van der Waals surface area contributed by atoms with Crippen molar-refractivity contribution in [2.45, 2.75) is 18.4 Å². The van der Waals surface area contributed by atoms with Gasteiger partial charge in [0.05, 0.1) is 12.3 Å².